The fraction of sp³-hybridized carbons (Fsp3) is 0.500. The molecule has 1 atom stereocenters. The molecule has 21 heavy (non-hydrogen) atoms. The molecule has 0 aliphatic carbocycles. The van der Waals surface area contributed by atoms with E-state index in [4.69, 9.17) is 5.11 Å². The summed E-state index contributed by atoms with van der Waals surface area (Å²) in [5.74, 6) is -1.16. The molecular weight excluding hydrogens is 292 g/mol. The van der Waals surface area contributed by atoms with Crippen LogP contribution in [-0.2, 0) is 10.0 Å². The molecule has 7 heteroatoms. The van der Waals surface area contributed by atoms with Crippen molar-refractivity contribution in [3.63, 3.8) is 0 Å². The first-order valence-corrected chi connectivity index (χ1v) is 8.43. The largest absolute Gasteiger partial charge is 0.478 e. The smallest absolute Gasteiger partial charge is 0.335 e. The van der Waals surface area contributed by atoms with Crippen molar-refractivity contribution in [2.24, 2.45) is 0 Å². The second-order valence-electron chi connectivity index (χ2n) is 4.86. The molecule has 1 aromatic rings. The van der Waals surface area contributed by atoms with Crippen LogP contribution in [0.15, 0.2) is 23.1 Å². The van der Waals surface area contributed by atoms with Gasteiger partial charge in [-0.2, -0.15) is 0 Å². The molecule has 0 radical (unpaired) electrons. The Bertz CT molecular complexity index is 599. The van der Waals surface area contributed by atoms with Crippen LogP contribution in [-0.4, -0.2) is 32.1 Å². The summed E-state index contributed by atoms with van der Waals surface area (Å²) in [4.78, 5) is 11.0. The number of hydrogen-bond acceptors (Lipinski definition) is 4. The van der Waals surface area contributed by atoms with Crippen molar-refractivity contribution in [3.8, 4) is 0 Å². The standard InChI is InChI=1S/C14H22N2O4S/c1-4-6-10(3)16-21(19,20)13-9-11(14(17)18)7-8-12(13)15-5-2/h7-10,15-16H,4-6H2,1-3H3,(H,17,18)/t10-/m1/s1. The van der Waals surface area contributed by atoms with E-state index >= 15 is 0 Å². The molecule has 0 bridgehead atoms. The van der Waals surface area contributed by atoms with E-state index < -0.39 is 16.0 Å². The van der Waals surface area contributed by atoms with E-state index in [1.165, 1.54) is 18.2 Å². The van der Waals surface area contributed by atoms with Gasteiger partial charge < -0.3 is 10.4 Å². The van der Waals surface area contributed by atoms with Crippen LogP contribution in [0.5, 0.6) is 0 Å². The minimum absolute atomic E-state index is 0.0350. The molecule has 0 aromatic heterocycles. The number of benzene rings is 1. The quantitative estimate of drug-likeness (QED) is 0.684. The van der Waals surface area contributed by atoms with Gasteiger partial charge in [0.25, 0.3) is 0 Å². The van der Waals surface area contributed by atoms with Crippen molar-refractivity contribution in [1.29, 1.82) is 0 Å². The summed E-state index contributed by atoms with van der Waals surface area (Å²) in [5.41, 5.74) is 0.346. The zero-order valence-corrected chi connectivity index (χ0v) is 13.3. The van der Waals surface area contributed by atoms with Crippen molar-refractivity contribution in [2.45, 2.75) is 44.6 Å². The Labute approximate surface area is 125 Å². The highest BCUT2D eigenvalue weighted by atomic mass is 32.2. The number of hydrogen-bond donors (Lipinski definition) is 3. The average Bonchev–Trinajstić information content (AvgIpc) is 2.38. The first kappa shape index (κ1) is 17.5. The summed E-state index contributed by atoms with van der Waals surface area (Å²) >= 11 is 0. The van der Waals surface area contributed by atoms with E-state index in [2.05, 4.69) is 10.0 Å². The van der Waals surface area contributed by atoms with Crippen LogP contribution in [0.3, 0.4) is 0 Å². The average molecular weight is 314 g/mol. The predicted octanol–water partition coefficient (Wildman–Crippen LogP) is 2.28. The summed E-state index contributed by atoms with van der Waals surface area (Å²) in [6, 6.07) is 3.84. The van der Waals surface area contributed by atoms with Gasteiger partial charge in [0, 0.05) is 12.6 Å². The lowest BCUT2D eigenvalue weighted by Crippen LogP contribution is -2.33. The Morgan fingerprint density at radius 3 is 2.52 bits per heavy atom. The first-order chi connectivity index (χ1) is 9.81. The number of anilines is 1. The van der Waals surface area contributed by atoms with E-state index in [9.17, 15) is 13.2 Å². The van der Waals surface area contributed by atoms with E-state index in [1.54, 1.807) is 6.92 Å². The summed E-state index contributed by atoms with van der Waals surface area (Å²) < 4.78 is 27.5. The molecule has 118 valence electrons. The molecule has 1 rings (SSSR count). The van der Waals surface area contributed by atoms with Gasteiger partial charge in [0.15, 0.2) is 0 Å². The lowest BCUT2D eigenvalue weighted by molar-refractivity contribution is 0.0696. The Morgan fingerprint density at radius 2 is 2.00 bits per heavy atom. The maximum atomic E-state index is 12.4. The molecule has 3 N–H and O–H groups in total. The highest BCUT2D eigenvalue weighted by molar-refractivity contribution is 7.89. The molecule has 0 fully saturated rings. The van der Waals surface area contributed by atoms with Crippen molar-refractivity contribution in [1.82, 2.24) is 4.72 Å². The minimum Gasteiger partial charge on any atom is -0.478 e. The van der Waals surface area contributed by atoms with Crippen molar-refractivity contribution in [3.05, 3.63) is 23.8 Å². The fourth-order valence-electron chi connectivity index (χ4n) is 2.03. The third-order valence-corrected chi connectivity index (χ3v) is 4.59. The second-order valence-corrected chi connectivity index (χ2v) is 6.54. The molecule has 0 aliphatic heterocycles. The third kappa shape index (κ3) is 4.71. The lowest BCUT2D eigenvalue weighted by atomic mass is 10.2. The molecule has 1 aromatic carbocycles. The van der Waals surface area contributed by atoms with Crippen LogP contribution in [0.1, 0.15) is 44.0 Å². The first-order valence-electron chi connectivity index (χ1n) is 6.95. The lowest BCUT2D eigenvalue weighted by Gasteiger charge is -2.16. The van der Waals surface area contributed by atoms with E-state index in [0.29, 0.717) is 18.7 Å². The summed E-state index contributed by atoms with van der Waals surface area (Å²) in [6.07, 6.45) is 1.58. The topological polar surface area (TPSA) is 95.5 Å². The predicted molar refractivity (Wildman–Crippen MR) is 82.3 cm³/mol. The number of carbonyl (C=O) groups is 1. The summed E-state index contributed by atoms with van der Waals surface area (Å²) in [5, 5.41) is 12.0. The summed E-state index contributed by atoms with van der Waals surface area (Å²) in [6.45, 7) is 6.14. The van der Waals surface area contributed by atoms with Crippen molar-refractivity contribution >= 4 is 21.7 Å². The number of rotatable bonds is 8. The number of sulfonamides is 1. The van der Waals surface area contributed by atoms with E-state index in [-0.39, 0.29) is 16.5 Å². The number of carboxylic acids is 1. The van der Waals surface area contributed by atoms with Crippen LogP contribution < -0.4 is 10.0 Å². The Hall–Kier alpha value is -1.60. The molecule has 0 spiro atoms. The normalized spacial score (nSPS) is 12.9. The number of nitrogens with one attached hydrogen (secondary N) is 2. The van der Waals surface area contributed by atoms with Crippen LogP contribution in [0.2, 0.25) is 0 Å². The van der Waals surface area contributed by atoms with Gasteiger partial charge in [0.1, 0.15) is 4.90 Å². The Morgan fingerprint density at radius 1 is 1.33 bits per heavy atom. The van der Waals surface area contributed by atoms with Crippen LogP contribution in [0, 0.1) is 0 Å². The zero-order valence-electron chi connectivity index (χ0n) is 12.5. The Kier molecular flexibility index (Phi) is 6.17. The van der Waals surface area contributed by atoms with Gasteiger partial charge in [0.2, 0.25) is 10.0 Å². The fourth-order valence-corrected chi connectivity index (χ4v) is 3.52. The van der Waals surface area contributed by atoms with Gasteiger partial charge in [0.05, 0.1) is 11.3 Å². The number of aromatic carboxylic acids is 1. The second kappa shape index (κ2) is 7.42. The highest BCUT2D eigenvalue weighted by Gasteiger charge is 2.22. The van der Waals surface area contributed by atoms with Gasteiger partial charge >= 0.3 is 5.97 Å². The van der Waals surface area contributed by atoms with E-state index in [1.807, 2.05) is 13.8 Å². The molecule has 0 saturated heterocycles. The van der Waals surface area contributed by atoms with Crippen LogP contribution in [0.4, 0.5) is 5.69 Å². The zero-order chi connectivity index (χ0) is 16.0. The van der Waals surface area contributed by atoms with Gasteiger partial charge in [-0.05, 0) is 38.5 Å². The maximum absolute atomic E-state index is 12.4. The highest BCUT2D eigenvalue weighted by Crippen LogP contribution is 2.23. The molecule has 0 aliphatic rings. The third-order valence-electron chi connectivity index (χ3n) is 2.96. The van der Waals surface area contributed by atoms with Crippen LogP contribution >= 0.6 is 0 Å². The van der Waals surface area contributed by atoms with Gasteiger partial charge in [-0.15, -0.1) is 0 Å². The molecule has 0 unspecified atom stereocenters. The molecule has 0 amide bonds. The monoisotopic (exact) mass is 314 g/mol. The van der Waals surface area contributed by atoms with Crippen LogP contribution in [0.25, 0.3) is 0 Å². The number of carboxylic acid groups (broad SMARTS) is 1. The minimum atomic E-state index is -3.77. The Balaban J connectivity index is 3.23. The molecule has 6 nitrogen and oxygen atoms in total. The van der Waals surface area contributed by atoms with E-state index in [0.717, 1.165) is 6.42 Å². The van der Waals surface area contributed by atoms with Crippen molar-refractivity contribution < 1.29 is 18.3 Å². The van der Waals surface area contributed by atoms with Gasteiger partial charge in [-0.3, -0.25) is 0 Å². The SMILES string of the molecule is CCC[C@@H](C)NS(=O)(=O)c1cc(C(=O)O)ccc1NCC. The maximum Gasteiger partial charge on any atom is 0.335 e. The molecule has 0 saturated carbocycles. The van der Waals surface area contributed by atoms with Crippen molar-refractivity contribution in [2.75, 3.05) is 11.9 Å². The molecule has 0 heterocycles. The van der Waals surface area contributed by atoms with Gasteiger partial charge in [-0.1, -0.05) is 13.3 Å². The van der Waals surface area contributed by atoms with Gasteiger partial charge in [-0.25, -0.2) is 17.9 Å². The summed E-state index contributed by atoms with van der Waals surface area (Å²) in [7, 11) is -3.77. The molecular formula is C14H22N2O4S.